The third kappa shape index (κ3) is 6.45. The van der Waals surface area contributed by atoms with Gasteiger partial charge in [-0.05, 0) is 38.5 Å². The van der Waals surface area contributed by atoms with E-state index in [4.69, 9.17) is 4.98 Å². The van der Waals surface area contributed by atoms with Crippen LogP contribution in [0.15, 0.2) is 23.8 Å². The van der Waals surface area contributed by atoms with Gasteiger partial charge in [-0.2, -0.15) is 5.10 Å². The fourth-order valence-electron chi connectivity index (χ4n) is 4.32. The van der Waals surface area contributed by atoms with Gasteiger partial charge in [-0.3, -0.25) is 4.79 Å². The molecule has 3 aromatic heterocycles. The maximum absolute atomic E-state index is 13.4. The highest BCUT2D eigenvalue weighted by Crippen LogP contribution is 2.34. The van der Waals surface area contributed by atoms with Crippen molar-refractivity contribution in [3.05, 3.63) is 29.5 Å². The van der Waals surface area contributed by atoms with Crippen LogP contribution in [-0.4, -0.2) is 74.7 Å². The molecule has 2 N–H and O–H groups in total. The van der Waals surface area contributed by atoms with Gasteiger partial charge in [-0.1, -0.05) is 0 Å². The maximum Gasteiger partial charge on any atom is 0.407 e. The number of piperidine rings is 1. The zero-order valence-electron chi connectivity index (χ0n) is 20.1. The molecule has 200 valence electrons. The van der Waals surface area contributed by atoms with Gasteiger partial charge in [0.25, 0.3) is 12.3 Å². The first-order valence-corrected chi connectivity index (χ1v) is 12.8. The predicted molar refractivity (Wildman–Crippen MR) is 137 cm³/mol. The van der Waals surface area contributed by atoms with Crippen molar-refractivity contribution in [3.63, 3.8) is 0 Å². The molecule has 4 heterocycles. The van der Waals surface area contributed by atoms with E-state index in [1.807, 2.05) is 11.6 Å². The van der Waals surface area contributed by atoms with E-state index in [0.29, 0.717) is 43.5 Å². The normalized spacial score (nSPS) is 16.9. The fraction of sp³-hybridized carbons (Fsp3) is 0.522. The van der Waals surface area contributed by atoms with E-state index in [9.17, 15) is 18.4 Å². The Morgan fingerprint density at radius 3 is 2.68 bits per heavy atom. The van der Waals surface area contributed by atoms with Gasteiger partial charge in [0.15, 0.2) is 12.4 Å². The number of alkyl halides is 2. The summed E-state index contributed by atoms with van der Waals surface area (Å²) in [6, 6.07) is 1.67. The summed E-state index contributed by atoms with van der Waals surface area (Å²) in [6.07, 6.45) is 3.29. The number of thiazole rings is 1. The fourth-order valence-corrected chi connectivity index (χ4v) is 5.11. The van der Waals surface area contributed by atoms with E-state index in [2.05, 4.69) is 32.4 Å². The highest BCUT2D eigenvalue weighted by atomic mass is 35.5. The Morgan fingerprint density at radius 2 is 1.97 bits per heavy atom. The highest BCUT2D eigenvalue weighted by molar-refractivity contribution is 7.16. The molecule has 1 aliphatic heterocycles. The van der Waals surface area contributed by atoms with Crippen LogP contribution >= 0.6 is 23.7 Å². The minimum Gasteiger partial charge on any atom is -0.443 e. The Bertz CT molecular complexity index is 1240. The Labute approximate surface area is 222 Å². The van der Waals surface area contributed by atoms with Crippen LogP contribution in [0.1, 0.15) is 43.1 Å². The second kappa shape index (κ2) is 11.5. The van der Waals surface area contributed by atoms with E-state index in [0.717, 1.165) is 10.4 Å². The minimum atomic E-state index is -2.71. The molecule has 0 bridgehead atoms. The molecule has 1 saturated heterocycles. The first kappa shape index (κ1) is 27.0. The first-order chi connectivity index (χ1) is 17.4. The number of anilines is 1. The molecule has 1 atom stereocenters. The second-order valence-corrected chi connectivity index (χ2v) is 10.0. The van der Waals surface area contributed by atoms with E-state index in [-0.39, 0.29) is 36.1 Å². The van der Waals surface area contributed by atoms with Gasteiger partial charge in [-0.15, -0.1) is 23.7 Å². The smallest absolute Gasteiger partial charge is 0.407 e. The summed E-state index contributed by atoms with van der Waals surface area (Å²) in [5.74, 6) is 1.40. The lowest BCUT2D eigenvalue weighted by molar-refractivity contribution is 0.0456. The maximum atomic E-state index is 13.4. The van der Waals surface area contributed by atoms with Gasteiger partial charge < -0.3 is 20.3 Å². The standard InChI is InChI=1S/C23H27F2N7O3S.ClH/c1-13(14-2-3-14)27-19-10-17(29-20(30-19)16-11-26-32-8-9-36-22(16)32)21(33)31-6-4-15(5-7-31)28-23(34)35-12-18(24)25;/h8-11,13-15,18H,2-7,12H2,1H3,(H,28,34)(H,27,29,30);1H/t13-;/m1./s1. The van der Waals surface area contributed by atoms with Crippen molar-refractivity contribution < 1.29 is 23.1 Å². The molecule has 0 spiro atoms. The molecule has 3 aromatic rings. The van der Waals surface area contributed by atoms with Gasteiger partial charge in [0.1, 0.15) is 16.3 Å². The quantitative estimate of drug-likeness (QED) is 0.430. The molecule has 10 nitrogen and oxygen atoms in total. The molecule has 2 fully saturated rings. The van der Waals surface area contributed by atoms with Crippen molar-refractivity contribution >= 4 is 46.4 Å². The van der Waals surface area contributed by atoms with Gasteiger partial charge in [-0.25, -0.2) is 28.1 Å². The second-order valence-electron chi connectivity index (χ2n) is 9.14. The van der Waals surface area contributed by atoms with Gasteiger partial charge >= 0.3 is 6.09 Å². The summed E-state index contributed by atoms with van der Waals surface area (Å²) in [5, 5.41) is 12.3. The molecular weight excluding hydrogens is 528 g/mol. The van der Waals surface area contributed by atoms with Crippen molar-refractivity contribution in [2.75, 3.05) is 25.0 Å². The van der Waals surface area contributed by atoms with Crippen molar-refractivity contribution in [2.45, 2.75) is 51.1 Å². The molecule has 2 amide bonds. The van der Waals surface area contributed by atoms with E-state index in [1.54, 1.807) is 21.7 Å². The van der Waals surface area contributed by atoms with E-state index >= 15 is 0 Å². The largest absolute Gasteiger partial charge is 0.443 e. The molecule has 14 heteroatoms. The summed E-state index contributed by atoms with van der Waals surface area (Å²) in [7, 11) is 0. The number of alkyl carbamates (subject to hydrolysis) is 1. The van der Waals surface area contributed by atoms with Crippen LogP contribution in [0.2, 0.25) is 0 Å². The lowest BCUT2D eigenvalue weighted by atomic mass is 10.0. The number of carbonyl (C=O) groups is 2. The summed E-state index contributed by atoms with van der Waals surface area (Å²) < 4.78 is 30.7. The topological polar surface area (TPSA) is 114 Å². The van der Waals surface area contributed by atoms with E-state index < -0.39 is 19.1 Å². The Hall–Kier alpha value is -3.06. The third-order valence-corrected chi connectivity index (χ3v) is 7.35. The Balaban J connectivity index is 0.00000320. The van der Waals surface area contributed by atoms with Crippen molar-refractivity contribution in [3.8, 4) is 11.4 Å². The van der Waals surface area contributed by atoms with Crippen LogP contribution in [0.5, 0.6) is 0 Å². The van der Waals surface area contributed by atoms with Crippen LogP contribution in [-0.2, 0) is 4.74 Å². The van der Waals surface area contributed by atoms with Crippen LogP contribution in [0.4, 0.5) is 19.4 Å². The minimum absolute atomic E-state index is 0. The highest BCUT2D eigenvalue weighted by Gasteiger charge is 2.30. The first-order valence-electron chi connectivity index (χ1n) is 11.9. The summed E-state index contributed by atoms with van der Waals surface area (Å²) in [6.45, 7) is 1.96. The average molecular weight is 556 g/mol. The number of carbonyl (C=O) groups excluding carboxylic acids is 2. The van der Waals surface area contributed by atoms with Crippen LogP contribution in [0, 0.1) is 5.92 Å². The molecule has 0 aromatic carbocycles. The number of aromatic nitrogens is 4. The number of nitrogens with one attached hydrogen (secondary N) is 2. The molecule has 37 heavy (non-hydrogen) atoms. The molecule has 0 unspecified atom stereocenters. The number of likely N-dealkylation sites (tertiary alicyclic amines) is 1. The number of ether oxygens (including phenoxy) is 1. The molecule has 2 aliphatic rings. The van der Waals surface area contributed by atoms with Crippen molar-refractivity contribution in [1.29, 1.82) is 0 Å². The van der Waals surface area contributed by atoms with E-state index in [1.165, 1.54) is 24.2 Å². The summed E-state index contributed by atoms with van der Waals surface area (Å²) >= 11 is 1.52. The third-order valence-electron chi connectivity index (χ3n) is 6.47. The number of rotatable bonds is 8. The molecular formula is C23H28ClF2N7O3S. The zero-order chi connectivity index (χ0) is 25.2. The number of hydrogen-bond acceptors (Lipinski definition) is 8. The Kier molecular flexibility index (Phi) is 8.42. The number of hydrogen-bond donors (Lipinski definition) is 2. The number of fused-ring (bicyclic) bond motifs is 1. The molecule has 5 rings (SSSR count). The van der Waals surface area contributed by atoms with Crippen LogP contribution in [0.3, 0.4) is 0 Å². The number of halogens is 3. The predicted octanol–water partition coefficient (Wildman–Crippen LogP) is 4.08. The average Bonchev–Trinajstić information content (AvgIpc) is 3.49. The van der Waals surface area contributed by atoms with Crippen molar-refractivity contribution in [1.82, 2.24) is 29.8 Å². The number of nitrogens with zero attached hydrogens (tertiary/aromatic N) is 5. The Morgan fingerprint density at radius 1 is 1.22 bits per heavy atom. The molecule has 1 aliphatic carbocycles. The van der Waals surface area contributed by atoms with Gasteiger partial charge in [0.2, 0.25) is 0 Å². The summed E-state index contributed by atoms with van der Waals surface area (Å²) in [4.78, 5) is 37.0. The summed E-state index contributed by atoms with van der Waals surface area (Å²) in [5.41, 5.74) is 1.04. The van der Waals surface area contributed by atoms with Gasteiger partial charge in [0, 0.05) is 42.8 Å². The molecule has 0 radical (unpaired) electrons. The molecule has 1 saturated carbocycles. The van der Waals surface area contributed by atoms with Crippen molar-refractivity contribution in [2.24, 2.45) is 5.92 Å². The zero-order valence-corrected chi connectivity index (χ0v) is 21.7. The lowest BCUT2D eigenvalue weighted by Gasteiger charge is -2.32. The van der Waals surface area contributed by atoms with Crippen LogP contribution < -0.4 is 10.6 Å². The van der Waals surface area contributed by atoms with Crippen LogP contribution in [0.25, 0.3) is 16.2 Å². The SMILES string of the molecule is C[C@@H](Nc1cc(C(=O)N2CCC(NC(=O)OCC(F)F)CC2)nc(-c2cnn3ccsc23)n1)C1CC1.Cl. The number of amides is 2. The lowest BCUT2D eigenvalue weighted by Crippen LogP contribution is -2.47. The van der Waals surface area contributed by atoms with Gasteiger partial charge in [0.05, 0.1) is 11.8 Å². The monoisotopic (exact) mass is 555 g/mol.